The van der Waals surface area contributed by atoms with Crippen molar-refractivity contribution in [2.24, 2.45) is 5.92 Å². The molecule has 0 aromatic rings. The Morgan fingerprint density at radius 3 is 2.45 bits per heavy atom. The molecule has 2 saturated heterocycles. The highest BCUT2D eigenvalue weighted by atomic mass is 32.2. The maximum atomic E-state index is 12.3. The second-order valence-corrected chi connectivity index (χ2v) is 9.12. The van der Waals surface area contributed by atoms with Crippen molar-refractivity contribution in [3.8, 4) is 0 Å². The fourth-order valence-corrected chi connectivity index (χ4v) is 5.26. The van der Waals surface area contributed by atoms with Crippen molar-refractivity contribution < 1.29 is 23.1 Å². The highest BCUT2D eigenvalue weighted by Crippen LogP contribution is 2.29. The molecular weight excluding hydrogens is 328 g/mol. The van der Waals surface area contributed by atoms with Crippen molar-refractivity contribution >= 4 is 33.7 Å². The van der Waals surface area contributed by atoms with Crippen LogP contribution in [-0.2, 0) is 19.6 Å². The van der Waals surface area contributed by atoms with Crippen molar-refractivity contribution in [1.29, 1.82) is 0 Å². The molecule has 2 rings (SSSR count). The van der Waals surface area contributed by atoms with E-state index in [1.54, 1.807) is 6.92 Å². The van der Waals surface area contributed by atoms with Gasteiger partial charge in [0.15, 0.2) is 0 Å². The Morgan fingerprint density at radius 2 is 2.00 bits per heavy atom. The molecular formula is C13H22N2O5S2. The van der Waals surface area contributed by atoms with Crippen molar-refractivity contribution in [2.75, 3.05) is 30.3 Å². The van der Waals surface area contributed by atoms with Crippen molar-refractivity contribution in [3.63, 3.8) is 0 Å². The number of hydrogen-bond donors (Lipinski definition) is 2. The van der Waals surface area contributed by atoms with Crippen LogP contribution in [0, 0.1) is 5.92 Å². The second-order valence-electron chi connectivity index (χ2n) is 5.75. The van der Waals surface area contributed by atoms with E-state index in [0.29, 0.717) is 38.1 Å². The lowest BCUT2D eigenvalue weighted by Gasteiger charge is -2.32. The zero-order valence-electron chi connectivity index (χ0n) is 12.6. The first kappa shape index (κ1) is 17.6. The summed E-state index contributed by atoms with van der Waals surface area (Å²) in [7, 11) is -3.21. The van der Waals surface area contributed by atoms with Crippen LogP contribution in [0.15, 0.2) is 0 Å². The molecule has 0 saturated carbocycles. The first-order valence-corrected chi connectivity index (χ1v) is 10.2. The normalized spacial score (nSPS) is 27.7. The third-order valence-corrected chi connectivity index (χ3v) is 7.45. The minimum atomic E-state index is -3.21. The Kier molecular flexibility index (Phi) is 5.39. The first-order chi connectivity index (χ1) is 10.3. The van der Waals surface area contributed by atoms with Crippen LogP contribution in [-0.4, -0.2) is 65.6 Å². The average molecular weight is 350 g/mol. The predicted octanol–water partition coefficient (Wildman–Crippen LogP) is 0.125. The zero-order valence-corrected chi connectivity index (χ0v) is 14.2. The smallest absolute Gasteiger partial charge is 0.330 e. The molecule has 0 aromatic carbocycles. The van der Waals surface area contributed by atoms with E-state index in [4.69, 9.17) is 0 Å². The maximum Gasteiger partial charge on any atom is 0.330 e. The molecule has 0 aliphatic carbocycles. The van der Waals surface area contributed by atoms with Gasteiger partial charge in [0.2, 0.25) is 15.9 Å². The van der Waals surface area contributed by atoms with Gasteiger partial charge in [-0.1, -0.05) is 0 Å². The lowest BCUT2D eigenvalue weighted by Crippen LogP contribution is -2.57. The Labute approximate surface area is 134 Å². The molecule has 2 aliphatic rings. The van der Waals surface area contributed by atoms with E-state index >= 15 is 0 Å². The van der Waals surface area contributed by atoms with Crippen LogP contribution in [0.5, 0.6) is 0 Å². The van der Waals surface area contributed by atoms with E-state index in [-0.39, 0.29) is 17.6 Å². The number of aliphatic carboxylic acids is 1. The molecule has 1 amide bonds. The number of thioether (sulfide) groups is 1. The van der Waals surface area contributed by atoms with E-state index in [2.05, 4.69) is 5.32 Å². The van der Waals surface area contributed by atoms with Gasteiger partial charge in [-0.15, -0.1) is 0 Å². The molecule has 0 aromatic heterocycles. The van der Waals surface area contributed by atoms with Gasteiger partial charge in [0, 0.05) is 24.8 Å². The molecule has 2 aliphatic heterocycles. The van der Waals surface area contributed by atoms with E-state index in [0.717, 1.165) is 5.75 Å². The standard InChI is InChI=1S/C13H22N2O5S2/c1-2-22(19,20)15-6-3-10(4-7-15)11(16)14-13(12(17)18)5-8-21-9-13/h10H,2-9H2,1H3,(H,14,16)(H,17,18). The fraction of sp³-hybridized carbons (Fsp3) is 0.846. The summed E-state index contributed by atoms with van der Waals surface area (Å²) in [6, 6.07) is 0. The molecule has 7 nitrogen and oxygen atoms in total. The fourth-order valence-electron chi connectivity index (χ4n) is 2.80. The third-order valence-electron chi connectivity index (χ3n) is 4.38. The minimum absolute atomic E-state index is 0.0587. The molecule has 22 heavy (non-hydrogen) atoms. The number of piperidine rings is 1. The molecule has 2 heterocycles. The second kappa shape index (κ2) is 6.76. The number of sulfonamides is 1. The molecule has 9 heteroatoms. The number of carbonyl (C=O) groups is 2. The van der Waals surface area contributed by atoms with Crippen molar-refractivity contribution in [2.45, 2.75) is 31.7 Å². The molecule has 0 spiro atoms. The molecule has 0 bridgehead atoms. The number of carboxylic acids is 1. The van der Waals surface area contributed by atoms with Gasteiger partial charge in [-0.2, -0.15) is 11.8 Å². The SMILES string of the molecule is CCS(=O)(=O)N1CCC(C(=O)NC2(C(=O)O)CCSC2)CC1. The topological polar surface area (TPSA) is 104 Å². The van der Waals surface area contributed by atoms with Crippen LogP contribution in [0.1, 0.15) is 26.2 Å². The first-order valence-electron chi connectivity index (χ1n) is 7.42. The summed E-state index contributed by atoms with van der Waals surface area (Å²) in [4.78, 5) is 23.8. The van der Waals surface area contributed by atoms with Crippen molar-refractivity contribution in [3.05, 3.63) is 0 Å². The molecule has 1 atom stereocenters. The van der Waals surface area contributed by atoms with Gasteiger partial charge < -0.3 is 10.4 Å². The van der Waals surface area contributed by atoms with Crippen LogP contribution in [0.25, 0.3) is 0 Å². The van der Waals surface area contributed by atoms with Crippen LogP contribution in [0.4, 0.5) is 0 Å². The van der Waals surface area contributed by atoms with Crippen LogP contribution < -0.4 is 5.32 Å². The van der Waals surface area contributed by atoms with Crippen molar-refractivity contribution in [1.82, 2.24) is 9.62 Å². The molecule has 0 radical (unpaired) electrons. The minimum Gasteiger partial charge on any atom is -0.479 e. The summed E-state index contributed by atoms with van der Waals surface area (Å²) in [5.74, 6) is -0.402. The Bertz CT molecular complexity index is 535. The zero-order chi connectivity index (χ0) is 16.4. The van der Waals surface area contributed by atoms with E-state index in [1.807, 2.05) is 0 Å². The number of carbonyl (C=O) groups excluding carboxylic acids is 1. The Morgan fingerprint density at radius 1 is 1.36 bits per heavy atom. The largest absolute Gasteiger partial charge is 0.479 e. The van der Waals surface area contributed by atoms with E-state index in [9.17, 15) is 23.1 Å². The Hall–Kier alpha value is -0.800. The monoisotopic (exact) mass is 350 g/mol. The van der Waals surface area contributed by atoms with Gasteiger partial charge in [-0.25, -0.2) is 17.5 Å². The third kappa shape index (κ3) is 3.57. The lowest BCUT2D eigenvalue weighted by molar-refractivity contribution is -0.147. The number of hydrogen-bond acceptors (Lipinski definition) is 5. The summed E-state index contributed by atoms with van der Waals surface area (Å²) in [5.41, 5.74) is -1.16. The molecule has 2 fully saturated rings. The quantitative estimate of drug-likeness (QED) is 0.730. The average Bonchev–Trinajstić information content (AvgIpc) is 2.97. The van der Waals surface area contributed by atoms with Gasteiger partial charge in [-0.3, -0.25) is 4.79 Å². The number of nitrogens with zero attached hydrogens (tertiary/aromatic N) is 1. The van der Waals surface area contributed by atoms with E-state index < -0.39 is 21.5 Å². The van der Waals surface area contributed by atoms with Crippen LogP contribution >= 0.6 is 11.8 Å². The number of carboxylic acid groups (broad SMARTS) is 1. The summed E-state index contributed by atoms with van der Waals surface area (Å²) in [6.45, 7) is 2.24. The van der Waals surface area contributed by atoms with Gasteiger partial charge >= 0.3 is 5.97 Å². The molecule has 126 valence electrons. The van der Waals surface area contributed by atoms with Gasteiger partial charge in [0.1, 0.15) is 5.54 Å². The predicted molar refractivity (Wildman–Crippen MR) is 84.2 cm³/mol. The van der Waals surface area contributed by atoms with Gasteiger partial charge in [0.05, 0.1) is 5.75 Å². The lowest BCUT2D eigenvalue weighted by atomic mass is 9.93. The number of nitrogens with one attached hydrogen (secondary N) is 1. The van der Waals surface area contributed by atoms with Crippen LogP contribution in [0.3, 0.4) is 0 Å². The summed E-state index contributed by atoms with van der Waals surface area (Å²) < 4.78 is 25.0. The Balaban J connectivity index is 1.94. The van der Waals surface area contributed by atoms with Gasteiger partial charge in [0.25, 0.3) is 0 Å². The number of amides is 1. The van der Waals surface area contributed by atoms with Gasteiger partial charge in [-0.05, 0) is 31.9 Å². The summed E-state index contributed by atoms with van der Waals surface area (Å²) >= 11 is 1.52. The molecule has 1 unspecified atom stereocenters. The highest BCUT2D eigenvalue weighted by Gasteiger charge is 2.44. The number of rotatable bonds is 5. The summed E-state index contributed by atoms with van der Waals surface area (Å²) in [6.07, 6.45) is 1.31. The maximum absolute atomic E-state index is 12.3. The molecule has 2 N–H and O–H groups in total. The van der Waals surface area contributed by atoms with Crippen LogP contribution in [0.2, 0.25) is 0 Å². The van der Waals surface area contributed by atoms with E-state index in [1.165, 1.54) is 16.1 Å². The summed E-state index contributed by atoms with van der Waals surface area (Å²) in [5, 5.41) is 12.1. The highest BCUT2D eigenvalue weighted by molar-refractivity contribution is 7.99.